The Morgan fingerprint density at radius 3 is 2.24 bits per heavy atom. The molecule has 5 aromatic rings. The molecule has 0 spiro atoms. The third-order valence-corrected chi connectivity index (χ3v) is 4.20. The topological polar surface area (TPSA) is 54.5 Å². The molecule has 0 aliphatic heterocycles. The van der Waals surface area contributed by atoms with E-state index in [4.69, 9.17) is 4.98 Å². The van der Waals surface area contributed by atoms with Gasteiger partial charge in [-0.2, -0.15) is 0 Å². The summed E-state index contributed by atoms with van der Waals surface area (Å²) in [5.41, 5.74) is 6.67. The van der Waals surface area contributed by atoms with Crippen molar-refractivity contribution in [2.45, 2.75) is 0 Å². The van der Waals surface area contributed by atoms with Crippen LogP contribution in [0.2, 0.25) is 0 Å². The lowest BCUT2D eigenvalue weighted by atomic mass is 10.2. The fourth-order valence-electron chi connectivity index (χ4n) is 2.97. The van der Waals surface area contributed by atoms with Crippen molar-refractivity contribution in [2.24, 2.45) is 0 Å². The van der Waals surface area contributed by atoms with Crippen molar-refractivity contribution in [1.82, 2.24) is 19.9 Å². The molecule has 0 atom stereocenters. The number of H-pyrrole nitrogens is 1. The van der Waals surface area contributed by atoms with Crippen LogP contribution in [0.1, 0.15) is 11.4 Å². The normalized spacial score (nSPS) is 11.8. The van der Waals surface area contributed by atoms with Gasteiger partial charge in [0.25, 0.3) is 0 Å². The molecule has 4 heteroatoms. The number of aromatic nitrogens is 4. The first-order chi connectivity index (χ1) is 12.3. The first kappa shape index (κ1) is 13.9. The molecule has 2 heterocycles. The van der Waals surface area contributed by atoms with Gasteiger partial charge >= 0.3 is 0 Å². The Balaban J connectivity index is 1.62. The van der Waals surface area contributed by atoms with Crippen LogP contribution in [-0.2, 0) is 0 Å². The number of aromatic amines is 1. The summed E-state index contributed by atoms with van der Waals surface area (Å²) in [6.45, 7) is 0. The van der Waals surface area contributed by atoms with E-state index in [9.17, 15) is 0 Å². The molecule has 2 aromatic heterocycles. The van der Waals surface area contributed by atoms with Crippen molar-refractivity contribution >= 4 is 45.3 Å². The predicted molar refractivity (Wildman–Crippen MR) is 102 cm³/mol. The third-order valence-electron chi connectivity index (χ3n) is 4.20. The fourth-order valence-corrected chi connectivity index (χ4v) is 2.97. The Morgan fingerprint density at radius 1 is 0.600 bits per heavy atom. The van der Waals surface area contributed by atoms with Gasteiger partial charge in [0.2, 0.25) is 0 Å². The zero-order chi connectivity index (χ0) is 16.6. The number of para-hydroxylation sites is 2. The van der Waals surface area contributed by atoms with E-state index in [-0.39, 0.29) is 0 Å². The summed E-state index contributed by atoms with van der Waals surface area (Å²) in [7, 11) is 0. The highest BCUT2D eigenvalue weighted by atomic mass is 14.9. The minimum atomic E-state index is 0.707. The summed E-state index contributed by atoms with van der Waals surface area (Å²) in [6.07, 6.45) is 3.96. The predicted octanol–water partition coefficient (Wildman–Crippen LogP) is 4.83. The monoisotopic (exact) mass is 322 g/mol. The van der Waals surface area contributed by atoms with E-state index in [0.29, 0.717) is 5.82 Å². The van der Waals surface area contributed by atoms with Gasteiger partial charge in [0.05, 0.1) is 33.1 Å². The van der Waals surface area contributed by atoms with Crippen LogP contribution in [-0.4, -0.2) is 19.9 Å². The largest absolute Gasteiger partial charge is 0.352 e. The Kier molecular flexibility index (Phi) is 3.07. The summed E-state index contributed by atoms with van der Waals surface area (Å²) in [4.78, 5) is 17.4. The van der Waals surface area contributed by atoms with Crippen molar-refractivity contribution in [3.63, 3.8) is 0 Å². The zero-order valence-electron chi connectivity index (χ0n) is 13.3. The van der Waals surface area contributed by atoms with Crippen LogP contribution >= 0.6 is 0 Å². The summed E-state index contributed by atoms with van der Waals surface area (Å²) < 4.78 is 0. The first-order valence-corrected chi connectivity index (χ1v) is 8.15. The average molecular weight is 322 g/mol. The number of rotatable bonds is 2. The van der Waals surface area contributed by atoms with Crippen molar-refractivity contribution < 1.29 is 0 Å². The first-order valence-electron chi connectivity index (χ1n) is 8.15. The fraction of sp³-hybridized carbons (Fsp3) is 0. The molecule has 0 amide bonds. The molecule has 0 radical (unpaired) electrons. The van der Waals surface area contributed by atoms with Crippen molar-refractivity contribution in [2.75, 3.05) is 0 Å². The van der Waals surface area contributed by atoms with Crippen LogP contribution in [0.25, 0.3) is 45.3 Å². The lowest BCUT2D eigenvalue weighted by molar-refractivity contribution is 1.29. The highest BCUT2D eigenvalue weighted by molar-refractivity contribution is 5.95. The quantitative estimate of drug-likeness (QED) is 0.474. The molecule has 0 aliphatic carbocycles. The Hall–Kier alpha value is -3.53. The second-order valence-electron chi connectivity index (χ2n) is 5.94. The van der Waals surface area contributed by atoms with E-state index < -0.39 is 0 Å². The smallest absolute Gasteiger partial charge is 0.153 e. The molecule has 3 aromatic carbocycles. The van der Waals surface area contributed by atoms with Gasteiger partial charge in [-0.3, -0.25) is 0 Å². The second kappa shape index (κ2) is 5.53. The van der Waals surface area contributed by atoms with Crippen LogP contribution in [0.15, 0.2) is 66.7 Å². The number of nitrogens with one attached hydrogen (secondary N) is 1. The van der Waals surface area contributed by atoms with Crippen LogP contribution in [0.5, 0.6) is 0 Å². The van der Waals surface area contributed by atoms with Crippen LogP contribution in [0, 0.1) is 0 Å². The molecule has 4 nitrogen and oxygen atoms in total. The Labute approximate surface area is 143 Å². The average Bonchev–Trinajstić information content (AvgIpc) is 3.05. The van der Waals surface area contributed by atoms with Gasteiger partial charge < -0.3 is 4.98 Å². The van der Waals surface area contributed by atoms with Crippen molar-refractivity contribution in [3.8, 4) is 0 Å². The van der Waals surface area contributed by atoms with Crippen LogP contribution in [0.3, 0.4) is 0 Å². The van der Waals surface area contributed by atoms with E-state index >= 15 is 0 Å². The summed E-state index contributed by atoms with van der Waals surface area (Å²) in [5.74, 6) is 0.707. The standard InChI is InChI=1S/C21H14N4/c1-2-6-14(7-3-1)10-11-21-24-19-12-17-18(13-20(19)25-21)23-16-9-5-4-8-15(16)22-17/h1-13,22H/b11-10+. The van der Waals surface area contributed by atoms with Gasteiger partial charge in [-0.15, -0.1) is 0 Å². The number of fused-ring (bicyclic) bond motifs is 3. The van der Waals surface area contributed by atoms with Crippen LogP contribution < -0.4 is 0 Å². The van der Waals surface area contributed by atoms with Crippen molar-refractivity contribution in [1.29, 1.82) is 0 Å². The molecule has 0 saturated heterocycles. The number of imidazole rings is 1. The molecule has 25 heavy (non-hydrogen) atoms. The van der Waals surface area contributed by atoms with Gasteiger partial charge in [-0.25, -0.2) is 15.0 Å². The van der Waals surface area contributed by atoms with Crippen LogP contribution in [0.4, 0.5) is 0 Å². The molecule has 0 fully saturated rings. The highest BCUT2D eigenvalue weighted by Crippen LogP contribution is 2.22. The lowest BCUT2D eigenvalue weighted by Crippen LogP contribution is -1.87. The molecule has 1 N–H and O–H groups in total. The molecular weight excluding hydrogens is 308 g/mol. The van der Waals surface area contributed by atoms with Crippen molar-refractivity contribution in [3.05, 3.63) is 78.1 Å². The van der Waals surface area contributed by atoms with Gasteiger partial charge in [0.15, 0.2) is 5.82 Å². The minimum Gasteiger partial charge on any atom is -0.352 e. The SMILES string of the molecule is C(=C\c1nc2cc3nc4ccccc4[nH]c3cc2n1)/c1ccccc1. The highest BCUT2D eigenvalue weighted by Gasteiger charge is 2.06. The van der Waals surface area contributed by atoms with Gasteiger partial charge in [-0.1, -0.05) is 48.5 Å². The van der Waals surface area contributed by atoms with E-state index in [1.807, 2.05) is 66.7 Å². The van der Waals surface area contributed by atoms with Gasteiger partial charge in [0, 0.05) is 0 Å². The molecule has 5 rings (SSSR count). The molecule has 118 valence electrons. The number of nitrogens with zero attached hydrogens (tertiary/aromatic N) is 3. The number of benzene rings is 3. The molecule has 0 bridgehead atoms. The molecular formula is C21H14N4. The molecule has 0 saturated carbocycles. The second-order valence-corrected chi connectivity index (χ2v) is 5.94. The number of hydrogen-bond acceptors (Lipinski definition) is 3. The Morgan fingerprint density at radius 2 is 1.36 bits per heavy atom. The zero-order valence-corrected chi connectivity index (χ0v) is 13.3. The lowest BCUT2D eigenvalue weighted by Gasteiger charge is -2.01. The number of hydrogen-bond donors (Lipinski definition) is 1. The molecule has 0 aliphatic rings. The maximum Gasteiger partial charge on any atom is 0.153 e. The molecule has 0 unspecified atom stereocenters. The maximum absolute atomic E-state index is 4.71. The summed E-state index contributed by atoms with van der Waals surface area (Å²) in [5, 5.41) is 0. The van der Waals surface area contributed by atoms with Gasteiger partial charge in [0.1, 0.15) is 0 Å². The van der Waals surface area contributed by atoms with Gasteiger partial charge in [-0.05, 0) is 35.9 Å². The Bertz CT molecular complexity index is 1160. The maximum atomic E-state index is 4.71. The van der Waals surface area contributed by atoms with E-state index in [2.05, 4.69) is 27.1 Å². The third kappa shape index (κ3) is 2.54. The van der Waals surface area contributed by atoms with E-state index in [1.165, 1.54) is 0 Å². The minimum absolute atomic E-state index is 0.707. The van der Waals surface area contributed by atoms with E-state index in [0.717, 1.165) is 38.7 Å². The summed E-state index contributed by atoms with van der Waals surface area (Å²) in [6, 6.07) is 22.2. The summed E-state index contributed by atoms with van der Waals surface area (Å²) >= 11 is 0. The van der Waals surface area contributed by atoms with E-state index in [1.54, 1.807) is 0 Å².